The molecule has 0 bridgehead atoms. The Labute approximate surface area is 149 Å². The molecule has 0 aliphatic heterocycles. The summed E-state index contributed by atoms with van der Waals surface area (Å²) < 4.78 is 12.6. The highest BCUT2D eigenvalue weighted by Crippen LogP contribution is 2.31. The number of rotatable bonds is 4. The van der Waals surface area contributed by atoms with Crippen molar-refractivity contribution in [3.63, 3.8) is 0 Å². The summed E-state index contributed by atoms with van der Waals surface area (Å²) >= 11 is 1.62. The van der Waals surface area contributed by atoms with Crippen LogP contribution in [0.15, 0.2) is 15.9 Å². The number of hydrogen-bond donors (Lipinski definition) is 0. The Morgan fingerprint density at radius 3 is 2.96 bits per heavy atom. The zero-order valence-corrected chi connectivity index (χ0v) is 15.3. The zero-order chi connectivity index (χ0) is 17.6. The van der Waals surface area contributed by atoms with Crippen molar-refractivity contribution in [3.05, 3.63) is 45.4 Å². The van der Waals surface area contributed by atoms with E-state index in [2.05, 4.69) is 16.1 Å². The number of ether oxygens (including phenoxy) is 1. The summed E-state index contributed by atoms with van der Waals surface area (Å²) in [6, 6.07) is 2.06. The highest BCUT2D eigenvalue weighted by molar-refractivity contribution is 7.13. The Kier molecular flexibility index (Phi) is 3.95. The maximum Gasteiger partial charge on any atom is 0.358 e. The molecule has 0 unspecified atom stereocenters. The predicted molar refractivity (Wildman–Crippen MR) is 94.0 cm³/mol. The van der Waals surface area contributed by atoms with Gasteiger partial charge in [-0.15, -0.1) is 11.3 Å². The number of esters is 1. The summed E-state index contributed by atoms with van der Waals surface area (Å²) in [7, 11) is 1.39. The summed E-state index contributed by atoms with van der Waals surface area (Å²) in [5, 5.41) is 6.53. The zero-order valence-electron chi connectivity index (χ0n) is 14.5. The molecule has 0 saturated heterocycles. The lowest BCUT2D eigenvalue weighted by molar-refractivity contribution is 0.0592. The fourth-order valence-corrected chi connectivity index (χ4v) is 4.16. The van der Waals surface area contributed by atoms with Crippen LogP contribution >= 0.6 is 11.3 Å². The molecule has 6 nitrogen and oxygen atoms in total. The normalized spacial score (nSPS) is 13.2. The van der Waals surface area contributed by atoms with E-state index >= 15 is 0 Å². The Balaban J connectivity index is 1.69. The molecule has 3 aromatic heterocycles. The third-order valence-corrected chi connectivity index (χ3v) is 5.64. The van der Waals surface area contributed by atoms with Crippen molar-refractivity contribution in [3.8, 4) is 10.8 Å². The van der Waals surface area contributed by atoms with Gasteiger partial charge in [-0.1, -0.05) is 0 Å². The molecule has 1 aliphatic rings. The monoisotopic (exact) mass is 357 g/mol. The summed E-state index contributed by atoms with van der Waals surface area (Å²) in [5.74, 6) is 1.06. The van der Waals surface area contributed by atoms with Crippen LogP contribution < -0.4 is 0 Å². The SMILES string of the molecule is COC(=O)c1nn(Cc2nc(-c3sccc3C)oc2C)c2c1CCC2. The first kappa shape index (κ1) is 16.1. The van der Waals surface area contributed by atoms with Gasteiger partial charge in [0.05, 0.1) is 18.5 Å². The van der Waals surface area contributed by atoms with Gasteiger partial charge in [0.1, 0.15) is 11.5 Å². The number of hydrogen-bond acceptors (Lipinski definition) is 6. The van der Waals surface area contributed by atoms with Crippen LogP contribution in [0.2, 0.25) is 0 Å². The van der Waals surface area contributed by atoms with Gasteiger partial charge in [0.15, 0.2) is 5.69 Å². The molecule has 0 fully saturated rings. The predicted octanol–water partition coefficient (Wildman–Crippen LogP) is 3.54. The second-order valence-corrected chi connectivity index (χ2v) is 7.15. The van der Waals surface area contributed by atoms with Gasteiger partial charge in [-0.25, -0.2) is 9.78 Å². The highest BCUT2D eigenvalue weighted by Gasteiger charge is 2.27. The van der Waals surface area contributed by atoms with E-state index in [1.807, 2.05) is 23.9 Å². The summed E-state index contributed by atoms with van der Waals surface area (Å²) in [4.78, 5) is 17.7. The summed E-state index contributed by atoms with van der Waals surface area (Å²) in [5.41, 5.74) is 4.56. The van der Waals surface area contributed by atoms with Crippen LogP contribution in [0, 0.1) is 13.8 Å². The van der Waals surface area contributed by atoms with Crippen LogP contribution in [0.4, 0.5) is 0 Å². The fraction of sp³-hybridized carbons (Fsp3) is 0.389. The molecule has 3 heterocycles. The number of aromatic nitrogens is 3. The van der Waals surface area contributed by atoms with Crippen molar-refractivity contribution in [1.82, 2.24) is 14.8 Å². The van der Waals surface area contributed by atoms with Crippen LogP contribution in [0.1, 0.15) is 45.2 Å². The highest BCUT2D eigenvalue weighted by atomic mass is 32.1. The molecule has 130 valence electrons. The summed E-state index contributed by atoms with van der Waals surface area (Å²) in [6.07, 6.45) is 2.83. The molecule has 4 rings (SSSR count). The minimum absolute atomic E-state index is 0.372. The third kappa shape index (κ3) is 2.68. The standard InChI is InChI=1S/C18H19N3O3S/c1-10-7-8-25-16(10)17-19-13(11(2)24-17)9-21-14-6-4-5-12(14)15(20-21)18(22)23-3/h7-8H,4-6,9H2,1-3H3. The second-order valence-electron chi connectivity index (χ2n) is 6.23. The number of carbonyl (C=O) groups excluding carboxylic acids is 1. The number of oxazole rings is 1. The van der Waals surface area contributed by atoms with Gasteiger partial charge >= 0.3 is 5.97 Å². The van der Waals surface area contributed by atoms with Crippen molar-refractivity contribution in [2.75, 3.05) is 7.11 Å². The van der Waals surface area contributed by atoms with Crippen molar-refractivity contribution in [1.29, 1.82) is 0 Å². The van der Waals surface area contributed by atoms with Crippen LogP contribution in [-0.2, 0) is 24.1 Å². The van der Waals surface area contributed by atoms with E-state index in [0.717, 1.165) is 52.4 Å². The largest absolute Gasteiger partial charge is 0.464 e. The van der Waals surface area contributed by atoms with Crippen molar-refractivity contribution < 1.29 is 13.9 Å². The number of carbonyl (C=O) groups is 1. The van der Waals surface area contributed by atoms with E-state index in [1.54, 1.807) is 11.3 Å². The lowest BCUT2D eigenvalue weighted by Gasteiger charge is -2.03. The third-order valence-electron chi connectivity index (χ3n) is 4.63. The topological polar surface area (TPSA) is 70.2 Å². The van der Waals surface area contributed by atoms with E-state index in [9.17, 15) is 4.79 Å². The average molecular weight is 357 g/mol. The molecule has 0 saturated carbocycles. The van der Waals surface area contributed by atoms with Crippen LogP contribution in [0.3, 0.4) is 0 Å². The molecule has 1 aliphatic carbocycles. The van der Waals surface area contributed by atoms with Crippen LogP contribution in [-0.4, -0.2) is 27.8 Å². The van der Waals surface area contributed by atoms with E-state index in [4.69, 9.17) is 9.15 Å². The molecule has 0 atom stereocenters. The molecule has 7 heteroatoms. The number of thiophene rings is 1. The van der Waals surface area contributed by atoms with Crippen LogP contribution in [0.25, 0.3) is 10.8 Å². The Morgan fingerprint density at radius 1 is 1.40 bits per heavy atom. The molecular weight excluding hydrogens is 338 g/mol. The number of fused-ring (bicyclic) bond motifs is 1. The molecule has 0 N–H and O–H groups in total. The van der Waals surface area contributed by atoms with Gasteiger partial charge in [-0.3, -0.25) is 4.68 Å². The lowest BCUT2D eigenvalue weighted by Crippen LogP contribution is -2.09. The smallest absolute Gasteiger partial charge is 0.358 e. The Hall–Kier alpha value is -2.41. The Morgan fingerprint density at radius 2 is 2.24 bits per heavy atom. The number of methoxy groups -OCH3 is 1. The fourth-order valence-electron chi connectivity index (χ4n) is 3.31. The van der Waals surface area contributed by atoms with Gasteiger partial charge in [0.2, 0.25) is 5.89 Å². The van der Waals surface area contributed by atoms with Crippen molar-refractivity contribution in [2.24, 2.45) is 0 Å². The van der Waals surface area contributed by atoms with E-state index in [-0.39, 0.29) is 5.97 Å². The van der Waals surface area contributed by atoms with E-state index in [0.29, 0.717) is 18.1 Å². The average Bonchev–Trinajstić information content (AvgIpc) is 3.34. The molecule has 25 heavy (non-hydrogen) atoms. The van der Waals surface area contributed by atoms with Gasteiger partial charge in [-0.05, 0) is 50.1 Å². The lowest BCUT2D eigenvalue weighted by atomic mass is 10.2. The van der Waals surface area contributed by atoms with E-state index in [1.165, 1.54) is 7.11 Å². The second kappa shape index (κ2) is 6.15. The van der Waals surface area contributed by atoms with Crippen molar-refractivity contribution >= 4 is 17.3 Å². The number of nitrogens with zero attached hydrogens (tertiary/aromatic N) is 3. The van der Waals surface area contributed by atoms with Crippen LogP contribution in [0.5, 0.6) is 0 Å². The molecule has 3 aromatic rings. The van der Waals surface area contributed by atoms with Gasteiger partial charge in [0, 0.05) is 11.3 Å². The first-order valence-corrected chi connectivity index (χ1v) is 9.14. The number of aryl methyl sites for hydroxylation is 2. The van der Waals surface area contributed by atoms with Gasteiger partial charge < -0.3 is 9.15 Å². The Bertz CT molecular complexity index is 951. The minimum atomic E-state index is -0.372. The minimum Gasteiger partial charge on any atom is -0.464 e. The maximum atomic E-state index is 12.0. The van der Waals surface area contributed by atoms with Crippen molar-refractivity contribution in [2.45, 2.75) is 39.7 Å². The molecule has 0 aromatic carbocycles. The van der Waals surface area contributed by atoms with Gasteiger partial charge in [0.25, 0.3) is 0 Å². The van der Waals surface area contributed by atoms with E-state index < -0.39 is 0 Å². The quantitative estimate of drug-likeness (QED) is 0.668. The first-order chi connectivity index (χ1) is 12.1. The first-order valence-electron chi connectivity index (χ1n) is 8.26. The molecule has 0 radical (unpaired) electrons. The van der Waals surface area contributed by atoms with Gasteiger partial charge in [-0.2, -0.15) is 5.10 Å². The molecule has 0 spiro atoms. The molecule has 0 amide bonds. The maximum absolute atomic E-state index is 12.0. The molecular formula is C18H19N3O3S. The summed E-state index contributed by atoms with van der Waals surface area (Å²) in [6.45, 7) is 4.47.